The van der Waals surface area contributed by atoms with E-state index in [1.54, 1.807) is 0 Å². The summed E-state index contributed by atoms with van der Waals surface area (Å²) < 4.78 is 6.60. The van der Waals surface area contributed by atoms with Gasteiger partial charge in [-0.1, -0.05) is 15.9 Å². The largest absolute Gasteiger partial charge is 0.464 e. The Kier molecular flexibility index (Phi) is 3.44. The van der Waals surface area contributed by atoms with Gasteiger partial charge in [0.15, 0.2) is 0 Å². The highest BCUT2D eigenvalue weighted by atomic mass is 79.9. The van der Waals surface area contributed by atoms with E-state index in [1.165, 1.54) is 10.9 Å². The Morgan fingerprint density at radius 3 is 3.07 bits per heavy atom. The number of hydrogen-bond donors (Lipinski definition) is 1. The molecular formula is C12H14BrNO. The number of furan rings is 1. The molecule has 1 N–H and O–H groups in total. The van der Waals surface area contributed by atoms with E-state index in [2.05, 4.69) is 27.3 Å². The van der Waals surface area contributed by atoms with E-state index in [-0.39, 0.29) is 0 Å². The van der Waals surface area contributed by atoms with Crippen LogP contribution in [0.3, 0.4) is 0 Å². The second-order valence-corrected chi connectivity index (χ2v) is 4.52. The molecule has 0 aliphatic carbocycles. The molecule has 0 bridgehead atoms. The van der Waals surface area contributed by atoms with E-state index >= 15 is 0 Å². The van der Waals surface area contributed by atoms with Crippen molar-refractivity contribution < 1.29 is 4.42 Å². The van der Waals surface area contributed by atoms with Crippen molar-refractivity contribution in [2.45, 2.75) is 12.8 Å². The van der Waals surface area contributed by atoms with Crippen molar-refractivity contribution in [2.75, 3.05) is 13.6 Å². The summed E-state index contributed by atoms with van der Waals surface area (Å²) in [4.78, 5) is 0. The summed E-state index contributed by atoms with van der Waals surface area (Å²) in [6.45, 7) is 1.04. The molecule has 2 rings (SSSR count). The topological polar surface area (TPSA) is 25.2 Å². The zero-order valence-corrected chi connectivity index (χ0v) is 10.3. The van der Waals surface area contributed by atoms with Crippen LogP contribution in [0.5, 0.6) is 0 Å². The Bertz CT molecular complexity index is 450. The standard InChI is InChI=1S/C12H14BrNO/c1-14-6-2-3-9-8-15-12-5-4-10(13)7-11(9)12/h4-5,7-8,14H,2-3,6H2,1H3. The van der Waals surface area contributed by atoms with Gasteiger partial charge in [0.05, 0.1) is 6.26 Å². The molecule has 1 heterocycles. The fourth-order valence-corrected chi connectivity index (χ4v) is 2.06. The lowest BCUT2D eigenvalue weighted by atomic mass is 10.1. The van der Waals surface area contributed by atoms with Crippen molar-refractivity contribution >= 4 is 26.9 Å². The third-order valence-corrected chi connectivity index (χ3v) is 2.98. The average molecular weight is 268 g/mol. The van der Waals surface area contributed by atoms with Crippen molar-refractivity contribution in [3.63, 3.8) is 0 Å². The summed E-state index contributed by atoms with van der Waals surface area (Å²) in [6.07, 6.45) is 4.06. The Hall–Kier alpha value is -0.800. The number of benzene rings is 1. The first kappa shape index (κ1) is 10.7. The van der Waals surface area contributed by atoms with E-state index in [1.807, 2.05) is 25.4 Å². The minimum absolute atomic E-state index is 0.970. The molecule has 15 heavy (non-hydrogen) atoms. The molecule has 3 heteroatoms. The van der Waals surface area contributed by atoms with E-state index in [0.29, 0.717) is 0 Å². The summed E-state index contributed by atoms with van der Waals surface area (Å²) >= 11 is 3.48. The van der Waals surface area contributed by atoms with E-state index in [0.717, 1.165) is 29.4 Å². The number of aryl methyl sites for hydroxylation is 1. The maximum absolute atomic E-state index is 5.49. The predicted octanol–water partition coefficient (Wildman–Crippen LogP) is 3.35. The van der Waals surface area contributed by atoms with Crippen LogP contribution in [0.4, 0.5) is 0 Å². The van der Waals surface area contributed by atoms with Gasteiger partial charge in [-0.2, -0.15) is 0 Å². The van der Waals surface area contributed by atoms with Crippen molar-refractivity contribution in [3.8, 4) is 0 Å². The van der Waals surface area contributed by atoms with Gasteiger partial charge in [-0.3, -0.25) is 0 Å². The Balaban J connectivity index is 2.23. The quantitative estimate of drug-likeness (QED) is 0.860. The zero-order chi connectivity index (χ0) is 10.7. The first-order valence-electron chi connectivity index (χ1n) is 5.11. The van der Waals surface area contributed by atoms with Crippen LogP contribution in [0.25, 0.3) is 11.0 Å². The van der Waals surface area contributed by atoms with Gasteiger partial charge in [0.2, 0.25) is 0 Å². The Morgan fingerprint density at radius 1 is 1.40 bits per heavy atom. The summed E-state index contributed by atoms with van der Waals surface area (Å²) in [5.74, 6) is 0. The summed E-state index contributed by atoms with van der Waals surface area (Å²) in [5.41, 5.74) is 2.26. The average Bonchev–Trinajstić information content (AvgIpc) is 2.62. The SMILES string of the molecule is CNCCCc1coc2ccc(Br)cc12. The predicted molar refractivity (Wildman–Crippen MR) is 66.2 cm³/mol. The van der Waals surface area contributed by atoms with E-state index in [4.69, 9.17) is 4.42 Å². The smallest absolute Gasteiger partial charge is 0.134 e. The second kappa shape index (κ2) is 4.81. The third kappa shape index (κ3) is 2.41. The molecule has 0 fully saturated rings. The fraction of sp³-hybridized carbons (Fsp3) is 0.333. The van der Waals surface area contributed by atoms with Crippen LogP contribution in [0.2, 0.25) is 0 Å². The van der Waals surface area contributed by atoms with Crippen LogP contribution in [0.15, 0.2) is 33.4 Å². The number of rotatable bonds is 4. The maximum atomic E-state index is 5.49. The van der Waals surface area contributed by atoms with Crippen molar-refractivity contribution in [1.29, 1.82) is 0 Å². The number of hydrogen-bond acceptors (Lipinski definition) is 2. The summed E-state index contributed by atoms with van der Waals surface area (Å²) in [7, 11) is 1.98. The molecule has 0 aliphatic rings. The van der Waals surface area contributed by atoms with Gasteiger partial charge in [0, 0.05) is 9.86 Å². The molecule has 2 nitrogen and oxygen atoms in total. The van der Waals surface area contributed by atoms with E-state index in [9.17, 15) is 0 Å². The van der Waals surface area contributed by atoms with Crippen LogP contribution >= 0.6 is 15.9 Å². The van der Waals surface area contributed by atoms with Gasteiger partial charge in [-0.25, -0.2) is 0 Å². The highest BCUT2D eigenvalue weighted by molar-refractivity contribution is 9.10. The number of nitrogens with one attached hydrogen (secondary N) is 1. The first-order valence-corrected chi connectivity index (χ1v) is 5.91. The molecule has 80 valence electrons. The molecule has 0 saturated carbocycles. The van der Waals surface area contributed by atoms with E-state index < -0.39 is 0 Å². The molecule has 0 amide bonds. The lowest BCUT2D eigenvalue weighted by Crippen LogP contribution is -2.08. The minimum Gasteiger partial charge on any atom is -0.464 e. The van der Waals surface area contributed by atoms with Crippen LogP contribution in [0, 0.1) is 0 Å². The van der Waals surface area contributed by atoms with Crippen LogP contribution in [-0.4, -0.2) is 13.6 Å². The van der Waals surface area contributed by atoms with Gasteiger partial charge < -0.3 is 9.73 Å². The molecule has 2 aromatic rings. The number of halogens is 1. The molecular weight excluding hydrogens is 254 g/mol. The molecule has 1 aromatic heterocycles. The minimum atomic E-state index is 0.970. The van der Waals surface area contributed by atoms with Crippen molar-refractivity contribution in [2.24, 2.45) is 0 Å². The summed E-state index contributed by atoms with van der Waals surface area (Å²) in [6, 6.07) is 6.12. The summed E-state index contributed by atoms with van der Waals surface area (Å²) in [5, 5.41) is 4.37. The van der Waals surface area contributed by atoms with Gasteiger partial charge in [0.25, 0.3) is 0 Å². The maximum Gasteiger partial charge on any atom is 0.134 e. The first-order chi connectivity index (χ1) is 7.31. The Morgan fingerprint density at radius 2 is 2.27 bits per heavy atom. The van der Waals surface area contributed by atoms with Gasteiger partial charge in [0.1, 0.15) is 5.58 Å². The van der Waals surface area contributed by atoms with Crippen LogP contribution < -0.4 is 5.32 Å². The fourth-order valence-electron chi connectivity index (χ4n) is 1.70. The van der Waals surface area contributed by atoms with Gasteiger partial charge in [-0.05, 0) is 50.2 Å². The molecule has 0 aliphatic heterocycles. The third-order valence-electron chi connectivity index (χ3n) is 2.49. The normalized spacial score (nSPS) is 11.1. The molecule has 0 atom stereocenters. The Labute approximate surface area is 97.8 Å². The lowest BCUT2D eigenvalue weighted by molar-refractivity contribution is 0.607. The van der Waals surface area contributed by atoms with Gasteiger partial charge in [-0.15, -0.1) is 0 Å². The number of fused-ring (bicyclic) bond motifs is 1. The monoisotopic (exact) mass is 267 g/mol. The van der Waals surface area contributed by atoms with Crippen LogP contribution in [-0.2, 0) is 6.42 Å². The lowest BCUT2D eigenvalue weighted by Gasteiger charge is -1.98. The second-order valence-electron chi connectivity index (χ2n) is 3.61. The molecule has 0 unspecified atom stereocenters. The van der Waals surface area contributed by atoms with Crippen molar-refractivity contribution in [1.82, 2.24) is 5.32 Å². The molecule has 0 radical (unpaired) electrons. The molecule has 1 aromatic carbocycles. The molecule has 0 saturated heterocycles. The van der Waals surface area contributed by atoms with Crippen molar-refractivity contribution in [3.05, 3.63) is 34.5 Å². The van der Waals surface area contributed by atoms with Gasteiger partial charge >= 0.3 is 0 Å². The zero-order valence-electron chi connectivity index (χ0n) is 8.72. The highest BCUT2D eigenvalue weighted by Gasteiger charge is 2.05. The highest BCUT2D eigenvalue weighted by Crippen LogP contribution is 2.25. The molecule has 0 spiro atoms. The van der Waals surface area contributed by atoms with Crippen LogP contribution in [0.1, 0.15) is 12.0 Å².